The van der Waals surface area contributed by atoms with E-state index in [9.17, 15) is 13.2 Å². The van der Waals surface area contributed by atoms with Crippen LogP contribution in [0, 0.1) is 0 Å². The minimum atomic E-state index is -4.24. The average molecular weight is 283 g/mol. The summed E-state index contributed by atoms with van der Waals surface area (Å²) in [6.45, 7) is 0. The normalized spacial score (nSPS) is 11.0. The van der Waals surface area contributed by atoms with Crippen LogP contribution in [0.1, 0.15) is 0 Å². The second-order valence-corrected chi connectivity index (χ2v) is 4.88. The minimum absolute atomic E-state index is 0.243. The summed E-state index contributed by atoms with van der Waals surface area (Å²) in [7, 11) is -4.24. The van der Waals surface area contributed by atoms with Crippen LogP contribution in [0.2, 0.25) is 0 Å². The SMILES string of the molecule is O=C(Nc1ccc(S(=O)(=O)O)cc1)Nc1ccon1. The molecule has 19 heavy (non-hydrogen) atoms. The van der Waals surface area contributed by atoms with Crippen LogP contribution in [0.25, 0.3) is 0 Å². The zero-order chi connectivity index (χ0) is 13.9. The van der Waals surface area contributed by atoms with Gasteiger partial charge in [-0.15, -0.1) is 0 Å². The number of nitrogens with one attached hydrogen (secondary N) is 2. The van der Waals surface area contributed by atoms with Crippen LogP contribution in [0.5, 0.6) is 0 Å². The third-order valence-electron chi connectivity index (χ3n) is 2.09. The van der Waals surface area contributed by atoms with Gasteiger partial charge in [-0.3, -0.25) is 9.87 Å². The fraction of sp³-hybridized carbons (Fsp3) is 0. The molecule has 1 aromatic carbocycles. The molecule has 0 saturated carbocycles. The summed E-state index contributed by atoms with van der Waals surface area (Å²) in [4.78, 5) is 11.2. The van der Waals surface area contributed by atoms with Gasteiger partial charge in [-0.05, 0) is 24.3 Å². The Kier molecular flexibility index (Phi) is 3.49. The fourth-order valence-electron chi connectivity index (χ4n) is 1.27. The lowest BCUT2D eigenvalue weighted by Gasteiger charge is -2.05. The van der Waals surface area contributed by atoms with Crippen LogP contribution < -0.4 is 10.6 Å². The van der Waals surface area contributed by atoms with Crippen molar-refractivity contribution in [2.75, 3.05) is 10.6 Å². The van der Waals surface area contributed by atoms with Crippen LogP contribution in [0.3, 0.4) is 0 Å². The third-order valence-corrected chi connectivity index (χ3v) is 2.96. The van der Waals surface area contributed by atoms with Crippen molar-refractivity contribution in [1.82, 2.24) is 5.16 Å². The first kappa shape index (κ1) is 13.1. The molecule has 0 aliphatic heterocycles. The van der Waals surface area contributed by atoms with E-state index in [0.29, 0.717) is 5.69 Å². The molecule has 0 radical (unpaired) electrons. The van der Waals surface area contributed by atoms with Gasteiger partial charge in [0, 0.05) is 11.8 Å². The lowest BCUT2D eigenvalue weighted by molar-refractivity contribution is 0.262. The van der Waals surface area contributed by atoms with E-state index in [1.54, 1.807) is 0 Å². The topological polar surface area (TPSA) is 122 Å². The van der Waals surface area contributed by atoms with Crippen molar-refractivity contribution < 1.29 is 22.3 Å². The van der Waals surface area contributed by atoms with E-state index in [2.05, 4.69) is 20.3 Å². The summed E-state index contributed by atoms with van der Waals surface area (Å²) in [5.41, 5.74) is 0.355. The first-order valence-corrected chi connectivity index (χ1v) is 6.45. The van der Waals surface area contributed by atoms with Gasteiger partial charge >= 0.3 is 6.03 Å². The van der Waals surface area contributed by atoms with E-state index >= 15 is 0 Å². The molecule has 0 fully saturated rings. The van der Waals surface area contributed by atoms with Crippen molar-refractivity contribution in [2.24, 2.45) is 0 Å². The fourth-order valence-corrected chi connectivity index (χ4v) is 1.75. The lowest BCUT2D eigenvalue weighted by Crippen LogP contribution is -2.19. The van der Waals surface area contributed by atoms with E-state index in [-0.39, 0.29) is 10.7 Å². The molecule has 9 heteroatoms. The molecule has 0 saturated heterocycles. The van der Waals surface area contributed by atoms with Crippen molar-refractivity contribution in [1.29, 1.82) is 0 Å². The van der Waals surface area contributed by atoms with Crippen molar-refractivity contribution in [3.63, 3.8) is 0 Å². The number of urea groups is 1. The van der Waals surface area contributed by atoms with Crippen LogP contribution >= 0.6 is 0 Å². The van der Waals surface area contributed by atoms with Crippen LogP contribution in [-0.4, -0.2) is 24.2 Å². The molecule has 0 aliphatic carbocycles. The number of nitrogens with zero attached hydrogens (tertiary/aromatic N) is 1. The molecule has 2 aromatic rings. The molecular formula is C10H9N3O5S. The van der Waals surface area contributed by atoms with Crippen molar-refractivity contribution in [3.8, 4) is 0 Å². The summed E-state index contributed by atoms with van der Waals surface area (Å²) in [6, 6.07) is 5.91. The molecular weight excluding hydrogens is 274 g/mol. The molecule has 100 valence electrons. The van der Waals surface area contributed by atoms with Gasteiger partial charge in [-0.1, -0.05) is 5.16 Å². The standard InChI is InChI=1S/C10H9N3O5S/c14-10(12-9-5-6-18-13-9)11-7-1-3-8(4-2-7)19(15,16)17/h1-6H,(H,15,16,17)(H2,11,12,13,14). The predicted octanol–water partition coefficient (Wildman–Crippen LogP) is 1.57. The van der Waals surface area contributed by atoms with Gasteiger partial charge in [0.25, 0.3) is 10.1 Å². The number of benzene rings is 1. The second-order valence-electron chi connectivity index (χ2n) is 3.46. The third kappa shape index (κ3) is 3.53. The summed E-state index contributed by atoms with van der Waals surface area (Å²) in [6.07, 6.45) is 1.30. The maximum atomic E-state index is 11.5. The number of aromatic nitrogens is 1. The molecule has 0 unspecified atom stereocenters. The molecule has 0 spiro atoms. The highest BCUT2D eigenvalue weighted by Gasteiger charge is 2.09. The molecule has 8 nitrogen and oxygen atoms in total. The molecule has 0 atom stereocenters. The number of amides is 2. The van der Waals surface area contributed by atoms with Gasteiger partial charge in [0.05, 0.1) is 4.90 Å². The molecule has 1 aromatic heterocycles. The molecule has 3 N–H and O–H groups in total. The van der Waals surface area contributed by atoms with Crippen molar-refractivity contribution >= 4 is 27.7 Å². The smallest absolute Gasteiger partial charge is 0.324 e. The number of hydrogen-bond donors (Lipinski definition) is 3. The van der Waals surface area contributed by atoms with Crippen LogP contribution in [0.15, 0.2) is 46.0 Å². The quantitative estimate of drug-likeness (QED) is 0.735. The van der Waals surface area contributed by atoms with E-state index in [0.717, 1.165) is 0 Å². The van der Waals surface area contributed by atoms with Crippen molar-refractivity contribution in [2.45, 2.75) is 4.90 Å². The first-order valence-electron chi connectivity index (χ1n) is 5.01. The summed E-state index contributed by atoms with van der Waals surface area (Å²) >= 11 is 0. The Balaban J connectivity index is 2.02. The Hall–Kier alpha value is -2.39. The highest BCUT2D eigenvalue weighted by Crippen LogP contribution is 2.14. The number of anilines is 2. The Morgan fingerprint density at radius 2 is 1.84 bits per heavy atom. The van der Waals surface area contributed by atoms with Gasteiger partial charge in [0.1, 0.15) is 6.26 Å². The predicted molar refractivity (Wildman–Crippen MR) is 65.4 cm³/mol. The average Bonchev–Trinajstić information content (AvgIpc) is 2.81. The van der Waals surface area contributed by atoms with Gasteiger partial charge in [0.15, 0.2) is 5.82 Å². The molecule has 2 rings (SSSR count). The Morgan fingerprint density at radius 3 is 2.37 bits per heavy atom. The molecule has 2 amide bonds. The Bertz CT molecular complexity index is 664. The number of hydrogen-bond acceptors (Lipinski definition) is 5. The zero-order valence-electron chi connectivity index (χ0n) is 9.40. The number of rotatable bonds is 3. The van der Waals surface area contributed by atoms with Gasteiger partial charge in [-0.25, -0.2) is 4.79 Å². The molecule has 0 bridgehead atoms. The number of carbonyl (C=O) groups excluding carboxylic acids is 1. The van der Waals surface area contributed by atoms with Crippen LogP contribution in [-0.2, 0) is 10.1 Å². The van der Waals surface area contributed by atoms with E-state index in [1.807, 2.05) is 0 Å². The van der Waals surface area contributed by atoms with E-state index in [1.165, 1.54) is 36.6 Å². The Labute approximate surface area is 108 Å². The Morgan fingerprint density at radius 1 is 1.16 bits per heavy atom. The van der Waals surface area contributed by atoms with Gasteiger partial charge in [0.2, 0.25) is 0 Å². The maximum absolute atomic E-state index is 11.5. The molecule has 0 aliphatic rings. The zero-order valence-corrected chi connectivity index (χ0v) is 10.2. The van der Waals surface area contributed by atoms with Gasteiger partial charge < -0.3 is 9.84 Å². The minimum Gasteiger partial charge on any atom is -0.363 e. The number of carbonyl (C=O) groups is 1. The largest absolute Gasteiger partial charge is 0.363 e. The highest BCUT2D eigenvalue weighted by molar-refractivity contribution is 7.85. The summed E-state index contributed by atoms with van der Waals surface area (Å²) in [5, 5.41) is 8.33. The van der Waals surface area contributed by atoms with E-state index < -0.39 is 16.1 Å². The highest BCUT2D eigenvalue weighted by atomic mass is 32.2. The van der Waals surface area contributed by atoms with Gasteiger partial charge in [-0.2, -0.15) is 8.42 Å². The monoisotopic (exact) mass is 283 g/mol. The van der Waals surface area contributed by atoms with E-state index in [4.69, 9.17) is 4.55 Å². The van der Waals surface area contributed by atoms with Crippen LogP contribution in [0.4, 0.5) is 16.3 Å². The first-order chi connectivity index (χ1) is 8.95. The summed E-state index contributed by atoms with van der Waals surface area (Å²) in [5.74, 6) is 0.243. The second kappa shape index (κ2) is 5.08. The summed E-state index contributed by atoms with van der Waals surface area (Å²) < 4.78 is 34.9. The maximum Gasteiger partial charge on any atom is 0.324 e. The lowest BCUT2D eigenvalue weighted by atomic mass is 10.3. The molecule has 1 heterocycles. The van der Waals surface area contributed by atoms with Crippen molar-refractivity contribution in [3.05, 3.63) is 36.6 Å².